The van der Waals surface area contributed by atoms with Crippen molar-refractivity contribution in [1.29, 1.82) is 0 Å². The Balaban J connectivity index is 1.97. The number of nitrogens with one attached hydrogen (secondary N) is 1. The zero-order valence-electron chi connectivity index (χ0n) is 11.1. The molecule has 2 aromatic carbocycles. The standard InChI is InChI=1S/C17H13NO2/c1-12(19)18-10-4-5-13-8-9-17-15(11-13)14-6-2-3-7-16(14)20-17/h2-3,6-9,11H,10H2,1H3,(H,18,19). The first-order chi connectivity index (χ1) is 9.74. The number of hydrogen-bond donors (Lipinski definition) is 1. The van der Waals surface area contributed by atoms with Crippen molar-refractivity contribution < 1.29 is 9.21 Å². The molecule has 1 aromatic heterocycles. The quantitative estimate of drug-likeness (QED) is 0.685. The second-order valence-electron chi connectivity index (χ2n) is 4.52. The topological polar surface area (TPSA) is 42.2 Å². The lowest BCUT2D eigenvalue weighted by Crippen LogP contribution is -2.19. The van der Waals surface area contributed by atoms with Gasteiger partial charge in [0.2, 0.25) is 5.91 Å². The molecule has 0 saturated heterocycles. The van der Waals surface area contributed by atoms with Crippen LogP contribution in [-0.4, -0.2) is 12.5 Å². The number of fused-ring (bicyclic) bond motifs is 3. The Morgan fingerprint density at radius 1 is 1.15 bits per heavy atom. The van der Waals surface area contributed by atoms with E-state index in [1.54, 1.807) is 0 Å². The van der Waals surface area contributed by atoms with Gasteiger partial charge >= 0.3 is 0 Å². The van der Waals surface area contributed by atoms with Crippen LogP contribution in [0.3, 0.4) is 0 Å². The van der Waals surface area contributed by atoms with E-state index in [0.717, 1.165) is 27.5 Å². The fourth-order valence-electron chi connectivity index (χ4n) is 2.12. The number of benzene rings is 2. The highest BCUT2D eigenvalue weighted by molar-refractivity contribution is 6.05. The van der Waals surface area contributed by atoms with Gasteiger partial charge in [-0.05, 0) is 24.3 Å². The van der Waals surface area contributed by atoms with Gasteiger partial charge in [0, 0.05) is 23.3 Å². The lowest BCUT2D eigenvalue weighted by Gasteiger charge is -1.93. The molecule has 0 aliphatic heterocycles. The number of rotatable bonds is 1. The molecule has 0 aliphatic rings. The summed E-state index contributed by atoms with van der Waals surface area (Å²) in [6.45, 7) is 1.84. The lowest BCUT2D eigenvalue weighted by molar-refractivity contribution is -0.118. The molecule has 0 unspecified atom stereocenters. The maximum absolute atomic E-state index is 10.8. The normalized spacial score (nSPS) is 10.2. The summed E-state index contributed by atoms with van der Waals surface area (Å²) in [7, 11) is 0. The van der Waals surface area contributed by atoms with Crippen molar-refractivity contribution in [1.82, 2.24) is 5.32 Å². The lowest BCUT2D eigenvalue weighted by atomic mass is 10.1. The van der Waals surface area contributed by atoms with E-state index >= 15 is 0 Å². The SMILES string of the molecule is CC(=O)NCC#Cc1ccc2oc3ccccc3c2c1. The predicted octanol–water partition coefficient (Wildman–Crippen LogP) is 3.07. The van der Waals surface area contributed by atoms with Gasteiger partial charge < -0.3 is 9.73 Å². The van der Waals surface area contributed by atoms with E-state index in [1.807, 2.05) is 42.5 Å². The fraction of sp³-hybridized carbons (Fsp3) is 0.118. The molecule has 3 heteroatoms. The zero-order chi connectivity index (χ0) is 13.9. The average molecular weight is 263 g/mol. The number of carbonyl (C=O) groups excluding carboxylic acids is 1. The van der Waals surface area contributed by atoms with Crippen molar-refractivity contribution >= 4 is 27.8 Å². The van der Waals surface area contributed by atoms with Gasteiger partial charge in [-0.3, -0.25) is 4.79 Å². The van der Waals surface area contributed by atoms with Crippen LogP contribution in [0.15, 0.2) is 46.9 Å². The first kappa shape index (κ1) is 12.3. The summed E-state index contributed by atoms with van der Waals surface area (Å²) in [4.78, 5) is 10.8. The fourth-order valence-corrected chi connectivity index (χ4v) is 2.12. The highest BCUT2D eigenvalue weighted by Gasteiger charge is 2.05. The second-order valence-corrected chi connectivity index (χ2v) is 4.52. The van der Waals surface area contributed by atoms with Crippen LogP contribution in [0.4, 0.5) is 0 Å². The number of hydrogen-bond acceptors (Lipinski definition) is 2. The van der Waals surface area contributed by atoms with Gasteiger partial charge in [-0.25, -0.2) is 0 Å². The minimum Gasteiger partial charge on any atom is -0.456 e. The van der Waals surface area contributed by atoms with Crippen LogP contribution in [0, 0.1) is 11.8 Å². The van der Waals surface area contributed by atoms with E-state index in [4.69, 9.17) is 4.42 Å². The van der Waals surface area contributed by atoms with Gasteiger partial charge in [0.1, 0.15) is 11.2 Å². The molecule has 0 atom stereocenters. The molecular formula is C17H13NO2. The summed E-state index contributed by atoms with van der Waals surface area (Å²) in [6, 6.07) is 13.8. The average Bonchev–Trinajstić information content (AvgIpc) is 2.81. The highest BCUT2D eigenvalue weighted by Crippen LogP contribution is 2.28. The van der Waals surface area contributed by atoms with Gasteiger partial charge in [0.05, 0.1) is 6.54 Å². The van der Waals surface area contributed by atoms with Gasteiger partial charge in [0.25, 0.3) is 0 Å². The van der Waals surface area contributed by atoms with Gasteiger partial charge in [-0.15, -0.1) is 0 Å². The molecule has 3 rings (SSSR count). The summed E-state index contributed by atoms with van der Waals surface area (Å²) >= 11 is 0. The Labute approximate surface area is 116 Å². The van der Waals surface area contributed by atoms with Crippen molar-refractivity contribution in [3.05, 3.63) is 48.0 Å². The molecule has 0 fully saturated rings. The van der Waals surface area contributed by atoms with E-state index in [1.165, 1.54) is 6.92 Å². The van der Waals surface area contributed by atoms with Crippen molar-refractivity contribution in [2.45, 2.75) is 6.92 Å². The second kappa shape index (κ2) is 5.10. The maximum Gasteiger partial charge on any atom is 0.217 e. The summed E-state index contributed by atoms with van der Waals surface area (Å²) in [5, 5.41) is 4.80. The van der Waals surface area contributed by atoms with Crippen LogP contribution in [0.25, 0.3) is 21.9 Å². The molecule has 20 heavy (non-hydrogen) atoms. The number of carbonyl (C=O) groups is 1. The van der Waals surface area contributed by atoms with Crippen LogP contribution in [0.5, 0.6) is 0 Å². The number of amides is 1. The largest absolute Gasteiger partial charge is 0.456 e. The summed E-state index contributed by atoms with van der Waals surface area (Å²) in [6.07, 6.45) is 0. The molecule has 1 amide bonds. The van der Waals surface area contributed by atoms with Gasteiger partial charge in [-0.1, -0.05) is 30.0 Å². The Bertz CT molecular complexity index is 849. The van der Waals surface area contributed by atoms with E-state index < -0.39 is 0 Å². The summed E-state index contributed by atoms with van der Waals surface area (Å²) in [5.74, 6) is 5.89. The van der Waals surface area contributed by atoms with Crippen LogP contribution >= 0.6 is 0 Å². The number of furan rings is 1. The smallest absolute Gasteiger partial charge is 0.217 e. The maximum atomic E-state index is 10.8. The number of para-hydroxylation sites is 1. The molecular weight excluding hydrogens is 250 g/mol. The third-order valence-electron chi connectivity index (χ3n) is 3.04. The Morgan fingerprint density at radius 3 is 2.80 bits per heavy atom. The van der Waals surface area contributed by atoms with Crippen molar-refractivity contribution in [2.24, 2.45) is 0 Å². The Morgan fingerprint density at radius 2 is 1.95 bits per heavy atom. The monoisotopic (exact) mass is 263 g/mol. The molecule has 1 heterocycles. The minimum atomic E-state index is -0.0735. The predicted molar refractivity (Wildman–Crippen MR) is 79.3 cm³/mol. The summed E-state index contributed by atoms with van der Waals surface area (Å²) < 4.78 is 5.76. The molecule has 3 nitrogen and oxygen atoms in total. The van der Waals surface area contributed by atoms with E-state index in [-0.39, 0.29) is 5.91 Å². The van der Waals surface area contributed by atoms with Crippen molar-refractivity contribution in [3.8, 4) is 11.8 Å². The minimum absolute atomic E-state index is 0.0735. The van der Waals surface area contributed by atoms with Crippen LogP contribution < -0.4 is 5.32 Å². The van der Waals surface area contributed by atoms with Crippen LogP contribution in [0.2, 0.25) is 0 Å². The third-order valence-corrected chi connectivity index (χ3v) is 3.04. The summed E-state index contributed by atoms with van der Waals surface area (Å²) in [5.41, 5.74) is 2.65. The molecule has 98 valence electrons. The van der Waals surface area contributed by atoms with Crippen molar-refractivity contribution in [3.63, 3.8) is 0 Å². The van der Waals surface area contributed by atoms with E-state index in [2.05, 4.69) is 17.2 Å². The van der Waals surface area contributed by atoms with Crippen LogP contribution in [-0.2, 0) is 4.79 Å². The highest BCUT2D eigenvalue weighted by atomic mass is 16.3. The molecule has 3 aromatic rings. The molecule has 0 bridgehead atoms. The van der Waals surface area contributed by atoms with Crippen molar-refractivity contribution in [2.75, 3.05) is 6.54 Å². The molecule has 0 aliphatic carbocycles. The van der Waals surface area contributed by atoms with Gasteiger partial charge in [-0.2, -0.15) is 0 Å². The molecule has 0 radical (unpaired) electrons. The third kappa shape index (κ3) is 2.36. The first-order valence-electron chi connectivity index (χ1n) is 6.38. The molecule has 0 spiro atoms. The molecule has 0 saturated carbocycles. The van der Waals surface area contributed by atoms with Gasteiger partial charge in [0.15, 0.2) is 0 Å². The first-order valence-corrected chi connectivity index (χ1v) is 6.38. The van der Waals surface area contributed by atoms with Crippen LogP contribution in [0.1, 0.15) is 12.5 Å². The zero-order valence-corrected chi connectivity index (χ0v) is 11.1. The Kier molecular flexibility index (Phi) is 3.14. The van der Waals surface area contributed by atoms with E-state index in [0.29, 0.717) is 6.54 Å². The van der Waals surface area contributed by atoms with E-state index in [9.17, 15) is 4.79 Å². The molecule has 1 N–H and O–H groups in total. The Hall–Kier alpha value is -2.73.